The van der Waals surface area contributed by atoms with E-state index >= 15 is 0 Å². The Morgan fingerprint density at radius 2 is 1.60 bits per heavy atom. The summed E-state index contributed by atoms with van der Waals surface area (Å²) in [5.41, 5.74) is -0.553. The summed E-state index contributed by atoms with van der Waals surface area (Å²) in [4.78, 5) is 12.3. The first kappa shape index (κ1) is 17.4. The minimum Gasteiger partial charge on any atom is -0.394 e. The quantitative estimate of drug-likeness (QED) is 0.724. The van der Waals surface area contributed by atoms with Crippen LogP contribution in [0.3, 0.4) is 0 Å². The predicted molar refractivity (Wildman–Crippen MR) is 80.2 cm³/mol. The molecule has 1 amide bonds. The van der Waals surface area contributed by atoms with E-state index < -0.39 is 5.54 Å². The van der Waals surface area contributed by atoms with Gasteiger partial charge in [-0.15, -0.1) is 0 Å². The molecule has 118 valence electrons. The number of aliphatic hydroxyl groups is 2. The van der Waals surface area contributed by atoms with Crippen LogP contribution < -0.4 is 5.32 Å². The van der Waals surface area contributed by atoms with Gasteiger partial charge in [0, 0.05) is 5.92 Å². The Bertz CT molecular complexity index is 302. The standard InChI is InChI=1S/C16H31NO3/c1-5-16(10-18,11-19)17-14(20)12-6-8-13(9-7-12)15(2,3)4/h12-13,18-19H,5-11H2,1-4H3,(H,17,20). The van der Waals surface area contributed by atoms with Gasteiger partial charge in [0.2, 0.25) is 5.91 Å². The number of carbonyl (C=O) groups excluding carboxylic acids is 1. The van der Waals surface area contributed by atoms with Crippen LogP contribution in [0, 0.1) is 17.3 Å². The molecule has 0 aromatic carbocycles. The van der Waals surface area contributed by atoms with Gasteiger partial charge in [0.1, 0.15) is 0 Å². The Morgan fingerprint density at radius 3 is 1.95 bits per heavy atom. The van der Waals surface area contributed by atoms with Crippen molar-refractivity contribution in [1.82, 2.24) is 5.32 Å². The summed E-state index contributed by atoms with van der Waals surface area (Å²) in [5.74, 6) is 0.693. The van der Waals surface area contributed by atoms with E-state index in [0.717, 1.165) is 25.7 Å². The summed E-state index contributed by atoms with van der Waals surface area (Å²) in [7, 11) is 0. The van der Waals surface area contributed by atoms with Gasteiger partial charge in [0.05, 0.1) is 18.8 Å². The molecule has 0 radical (unpaired) electrons. The molecule has 1 saturated carbocycles. The molecular formula is C16H31NO3. The van der Waals surface area contributed by atoms with Gasteiger partial charge in [0.15, 0.2) is 0 Å². The van der Waals surface area contributed by atoms with Gasteiger partial charge in [-0.05, 0) is 43.4 Å². The molecule has 4 heteroatoms. The topological polar surface area (TPSA) is 69.6 Å². The average molecular weight is 285 g/mol. The Hall–Kier alpha value is -0.610. The smallest absolute Gasteiger partial charge is 0.223 e. The lowest BCUT2D eigenvalue weighted by Gasteiger charge is -2.38. The van der Waals surface area contributed by atoms with Crippen molar-refractivity contribution in [3.05, 3.63) is 0 Å². The molecule has 0 bridgehead atoms. The molecule has 0 aromatic rings. The molecule has 0 atom stereocenters. The lowest BCUT2D eigenvalue weighted by atomic mass is 9.69. The van der Waals surface area contributed by atoms with Crippen molar-refractivity contribution < 1.29 is 15.0 Å². The number of nitrogens with one attached hydrogen (secondary N) is 1. The lowest BCUT2D eigenvalue weighted by molar-refractivity contribution is -0.130. The van der Waals surface area contributed by atoms with Crippen molar-refractivity contribution in [3.8, 4) is 0 Å². The monoisotopic (exact) mass is 285 g/mol. The Labute approximate surface area is 123 Å². The van der Waals surface area contributed by atoms with Crippen LogP contribution in [0.25, 0.3) is 0 Å². The highest BCUT2D eigenvalue weighted by molar-refractivity contribution is 5.79. The third-order valence-electron chi connectivity index (χ3n) is 4.99. The SMILES string of the molecule is CCC(CO)(CO)NC(=O)C1CCC(C(C)(C)C)CC1. The van der Waals surface area contributed by atoms with E-state index in [0.29, 0.717) is 17.8 Å². The number of carbonyl (C=O) groups is 1. The van der Waals surface area contributed by atoms with Crippen LogP contribution in [-0.2, 0) is 4.79 Å². The van der Waals surface area contributed by atoms with E-state index in [1.165, 1.54) is 0 Å². The summed E-state index contributed by atoms with van der Waals surface area (Å²) >= 11 is 0. The first-order chi connectivity index (χ1) is 9.28. The van der Waals surface area contributed by atoms with E-state index in [2.05, 4.69) is 26.1 Å². The van der Waals surface area contributed by atoms with Crippen molar-refractivity contribution in [3.63, 3.8) is 0 Å². The molecule has 0 saturated heterocycles. The third kappa shape index (κ3) is 4.19. The molecule has 1 rings (SSSR count). The van der Waals surface area contributed by atoms with Gasteiger partial charge in [-0.3, -0.25) is 4.79 Å². The highest BCUT2D eigenvalue weighted by Crippen LogP contribution is 2.39. The highest BCUT2D eigenvalue weighted by atomic mass is 16.3. The van der Waals surface area contributed by atoms with Crippen LogP contribution >= 0.6 is 0 Å². The largest absolute Gasteiger partial charge is 0.394 e. The number of hydrogen-bond donors (Lipinski definition) is 3. The van der Waals surface area contributed by atoms with E-state index in [4.69, 9.17) is 0 Å². The normalized spacial score (nSPS) is 24.5. The molecule has 0 aliphatic heterocycles. The summed E-state index contributed by atoms with van der Waals surface area (Å²) in [5, 5.41) is 21.7. The second-order valence-electron chi connectivity index (χ2n) is 7.35. The molecule has 1 aliphatic rings. The van der Waals surface area contributed by atoms with Gasteiger partial charge in [0.25, 0.3) is 0 Å². The maximum absolute atomic E-state index is 12.3. The zero-order valence-electron chi connectivity index (χ0n) is 13.4. The molecule has 1 fully saturated rings. The summed E-state index contributed by atoms with van der Waals surface area (Å²) in [6.07, 6.45) is 4.51. The molecule has 20 heavy (non-hydrogen) atoms. The molecule has 1 aliphatic carbocycles. The van der Waals surface area contributed by atoms with Crippen molar-refractivity contribution in [2.24, 2.45) is 17.3 Å². The Kier molecular flexibility index (Phi) is 6.02. The average Bonchev–Trinajstić information content (AvgIpc) is 2.44. The summed E-state index contributed by atoms with van der Waals surface area (Å²) < 4.78 is 0. The summed E-state index contributed by atoms with van der Waals surface area (Å²) in [6.45, 7) is 8.21. The number of hydrogen-bond acceptors (Lipinski definition) is 3. The Balaban J connectivity index is 2.55. The predicted octanol–water partition coefficient (Wildman–Crippen LogP) is 2.09. The van der Waals surface area contributed by atoms with E-state index in [1.54, 1.807) is 0 Å². The fraction of sp³-hybridized carbons (Fsp3) is 0.938. The first-order valence-electron chi connectivity index (χ1n) is 7.81. The zero-order chi connectivity index (χ0) is 15.4. The number of rotatable bonds is 5. The molecular weight excluding hydrogens is 254 g/mol. The van der Waals surface area contributed by atoms with Crippen LogP contribution in [0.1, 0.15) is 59.8 Å². The minimum absolute atomic E-state index is 0.0118. The second kappa shape index (κ2) is 6.90. The van der Waals surface area contributed by atoms with Crippen LogP contribution in [0.5, 0.6) is 0 Å². The number of aliphatic hydroxyl groups excluding tert-OH is 2. The zero-order valence-corrected chi connectivity index (χ0v) is 13.4. The Morgan fingerprint density at radius 1 is 1.10 bits per heavy atom. The van der Waals surface area contributed by atoms with E-state index in [9.17, 15) is 15.0 Å². The fourth-order valence-electron chi connectivity index (χ4n) is 3.03. The molecule has 4 nitrogen and oxygen atoms in total. The molecule has 0 heterocycles. The van der Waals surface area contributed by atoms with Crippen LogP contribution in [0.4, 0.5) is 0 Å². The van der Waals surface area contributed by atoms with E-state index in [-0.39, 0.29) is 25.0 Å². The third-order valence-corrected chi connectivity index (χ3v) is 4.99. The van der Waals surface area contributed by atoms with Gasteiger partial charge in [-0.2, -0.15) is 0 Å². The number of amides is 1. The highest BCUT2D eigenvalue weighted by Gasteiger charge is 2.35. The van der Waals surface area contributed by atoms with Gasteiger partial charge < -0.3 is 15.5 Å². The minimum atomic E-state index is -0.863. The second-order valence-corrected chi connectivity index (χ2v) is 7.35. The van der Waals surface area contributed by atoms with Crippen LogP contribution in [0.2, 0.25) is 0 Å². The lowest BCUT2D eigenvalue weighted by Crippen LogP contribution is -2.55. The molecule has 3 N–H and O–H groups in total. The van der Waals surface area contributed by atoms with Crippen molar-refractivity contribution in [2.45, 2.75) is 65.3 Å². The van der Waals surface area contributed by atoms with Gasteiger partial charge in [-0.1, -0.05) is 27.7 Å². The van der Waals surface area contributed by atoms with Gasteiger partial charge >= 0.3 is 0 Å². The maximum Gasteiger partial charge on any atom is 0.223 e. The molecule has 0 aromatic heterocycles. The van der Waals surface area contributed by atoms with Crippen molar-refractivity contribution in [1.29, 1.82) is 0 Å². The molecule has 0 unspecified atom stereocenters. The molecule has 0 spiro atoms. The summed E-state index contributed by atoms with van der Waals surface area (Å²) in [6, 6.07) is 0. The van der Waals surface area contributed by atoms with Crippen molar-refractivity contribution in [2.75, 3.05) is 13.2 Å². The maximum atomic E-state index is 12.3. The van der Waals surface area contributed by atoms with Crippen LogP contribution in [-0.4, -0.2) is 34.9 Å². The fourth-order valence-corrected chi connectivity index (χ4v) is 3.03. The van der Waals surface area contributed by atoms with Crippen LogP contribution in [0.15, 0.2) is 0 Å². The van der Waals surface area contributed by atoms with E-state index in [1.807, 2.05) is 6.92 Å². The van der Waals surface area contributed by atoms with Gasteiger partial charge in [-0.25, -0.2) is 0 Å². The first-order valence-corrected chi connectivity index (χ1v) is 7.81. The van der Waals surface area contributed by atoms with Crippen molar-refractivity contribution >= 4 is 5.91 Å².